The molecule has 0 amide bonds. The van der Waals surface area contributed by atoms with Gasteiger partial charge in [-0.05, 0) is 43.7 Å². The lowest BCUT2D eigenvalue weighted by molar-refractivity contribution is -0.479. The van der Waals surface area contributed by atoms with Crippen molar-refractivity contribution in [1.82, 2.24) is 14.8 Å². The Hall–Kier alpha value is -2.84. The number of nitrogens with zero attached hydrogens (tertiary/aromatic N) is 4. The van der Waals surface area contributed by atoms with Gasteiger partial charge in [-0.25, -0.2) is 0 Å². The summed E-state index contributed by atoms with van der Waals surface area (Å²) in [7, 11) is 0. The highest BCUT2D eigenvalue weighted by atomic mass is 35.5. The van der Waals surface area contributed by atoms with E-state index in [1.54, 1.807) is 24.3 Å². The summed E-state index contributed by atoms with van der Waals surface area (Å²) in [5, 5.41) is 20.2. The highest BCUT2D eigenvalue weighted by molar-refractivity contribution is 7.99. The van der Waals surface area contributed by atoms with Crippen molar-refractivity contribution in [3.05, 3.63) is 87.2 Å². The van der Waals surface area contributed by atoms with Crippen LogP contribution in [0.25, 0.3) is 5.69 Å². The normalized spacial score (nSPS) is 11.8. The van der Waals surface area contributed by atoms with Crippen LogP contribution in [0.5, 0.6) is 5.75 Å². The van der Waals surface area contributed by atoms with Crippen LogP contribution in [0.1, 0.15) is 22.2 Å². The average Bonchev–Trinajstić information content (AvgIpc) is 3.07. The summed E-state index contributed by atoms with van der Waals surface area (Å²) < 4.78 is 7.38. The molecule has 1 aromatic heterocycles. The van der Waals surface area contributed by atoms with Crippen LogP contribution < -0.4 is 4.74 Å². The van der Waals surface area contributed by atoms with Crippen molar-refractivity contribution < 1.29 is 9.66 Å². The van der Waals surface area contributed by atoms with Crippen molar-refractivity contribution in [3.8, 4) is 11.4 Å². The molecule has 30 heavy (non-hydrogen) atoms. The number of rotatable bonds is 9. The topological polar surface area (TPSA) is 83.1 Å². The molecule has 2 aromatic carbocycles. The summed E-state index contributed by atoms with van der Waals surface area (Å²) in [5.74, 6) is 1.20. The van der Waals surface area contributed by atoms with Crippen LogP contribution in [0.3, 0.4) is 0 Å². The maximum atomic E-state index is 11.3. The minimum absolute atomic E-state index is 0.284. The van der Waals surface area contributed by atoms with Gasteiger partial charge in [0.1, 0.15) is 23.4 Å². The fourth-order valence-electron chi connectivity index (χ4n) is 2.87. The lowest BCUT2D eigenvalue weighted by atomic mass is 10.1. The van der Waals surface area contributed by atoms with Gasteiger partial charge in [-0.3, -0.25) is 14.7 Å². The second kappa shape index (κ2) is 9.77. The molecule has 0 N–H and O–H groups in total. The molecule has 3 aromatic rings. The van der Waals surface area contributed by atoms with Crippen LogP contribution in [0.4, 0.5) is 0 Å². The lowest BCUT2D eigenvalue weighted by Crippen LogP contribution is -2.11. The van der Waals surface area contributed by atoms with E-state index in [0.717, 1.165) is 11.3 Å². The summed E-state index contributed by atoms with van der Waals surface area (Å²) in [6, 6.07) is 13.1. The van der Waals surface area contributed by atoms with Crippen molar-refractivity contribution >= 4 is 23.4 Å². The number of thioether (sulfide) groups is 1. The first-order valence-corrected chi connectivity index (χ1v) is 10.5. The zero-order valence-electron chi connectivity index (χ0n) is 16.6. The molecule has 0 unspecified atom stereocenters. The molecule has 156 valence electrons. The molecule has 0 spiro atoms. The average molecular weight is 445 g/mol. The van der Waals surface area contributed by atoms with Gasteiger partial charge in [-0.2, -0.15) is 0 Å². The molecule has 0 aliphatic carbocycles. The summed E-state index contributed by atoms with van der Waals surface area (Å²) in [6.07, 6.45) is 1.62. The van der Waals surface area contributed by atoms with Gasteiger partial charge in [0.25, 0.3) is 0 Å². The number of aryl methyl sites for hydroxylation is 2. The summed E-state index contributed by atoms with van der Waals surface area (Å²) in [6.45, 7) is 7.51. The molecule has 0 radical (unpaired) electrons. The van der Waals surface area contributed by atoms with Gasteiger partial charge < -0.3 is 4.74 Å². The highest BCUT2D eigenvalue weighted by Crippen LogP contribution is 2.38. The highest BCUT2D eigenvalue weighted by Gasteiger charge is 2.24. The van der Waals surface area contributed by atoms with E-state index in [0.29, 0.717) is 33.9 Å². The number of hydrogen-bond donors (Lipinski definition) is 0. The Morgan fingerprint density at radius 3 is 2.63 bits per heavy atom. The van der Waals surface area contributed by atoms with E-state index in [4.69, 9.17) is 16.3 Å². The largest absolute Gasteiger partial charge is 0.488 e. The number of benzene rings is 2. The standard InChI is InChI=1S/C21H21ClN4O3S/c1-4-11-29-19-10-7-16(12-18(19)22)20(13-25(27)28)30-21-24-23-15(3)26(21)17-8-5-14(2)6-9-17/h4-10,12,20H,1,11,13H2,2-3H3/t20-/m1/s1. The quantitative estimate of drug-likeness (QED) is 0.195. The number of ether oxygens (including phenoxy) is 1. The zero-order chi connectivity index (χ0) is 21.7. The van der Waals surface area contributed by atoms with E-state index >= 15 is 0 Å². The minimum atomic E-state index is -0.501. The smallest absolute Gasteiger partial charge is 0.220 e. The fraction of sp³-hybridized carbons (Fsp3) is 0.238. The molecular weight excluding hydrogens is 424 g/mol. The molecule has 9 heteroatoms. The zero-order valence-corrected chi connectivity index (χ0v) is 18.2. The van der Waals surface area contributed by atoms with Crippen molar-refractivity contribution in [1.29, 1.82) is 0 Å². The van der Waals surface area contributed by atoms with Crippen LogP contribution in [-0.4, -0.2) is 32.8 Å². The fourth-order valence-corrected chi connectivity index (χ4v) is 4.27. The second-order valence-corrected chi connectivity index (χ2v) is 8.19. The number of halogens is 1. The molecule has 0 bridgehead atoms. The van der Waals surface area contributed by atoms with Gasteiger partial charge in [-0.1, -0.05) is 59.8 Å². The lowest BCUT2D eigenvalue weighted by Gasteiger charge is -2.15. The summed E-state index contributed by atoms with van der Waals surface area (Å²) in [5.41, 5.74) is 2.75. The van der Waals surface area contributed by atoms with Gasteiger partial charge in [-0.15, -0.1) is 10.2 Å². The van der Waals surface area contributed by atoms with Gasteiger partial charge in [0.05, 0.1) is 5.02 Å². The van der Waals surface area contributed by atoms with Crippen LogP contribution in [0, 0.1) is 24.0 Å². The molecule has 1 heterocycles. The molecule has 3 rings (SSSR count). The van der Waals surface area contributed by atoms with Crippen LogP contribution in [-0.2, 0) is 0 Å². The van der Waals surface area contributed by atoms with Crippen LogP contribution in [0.2, 0.25) is 5.02 Å². The first-order valence-electron chi connectivity index (χ1n) is 9.19. The first kappa shape index (κ1) is 21.9. The van der Waals surface area contributed by atoms with Crippen molar-refractivity contribution in [2.24, 2.45) is 0 Å². The SMILES string of the molecule is C=CCOc1ccc([C@@H](C[N+](=O)[O-])Sc2nnc(C)n2-c2ccc(C)cc2)cc1Cl. The molecule has 0 aliphatic heterocycles. The Bertz CT molecular complexity index is 1050. The third kappa shape index (κ3) is 5.20. The first-order chi connectivity index (χ1) is 14.4. The Labute approximate surface area is 183 Å². The van der Waals surface area contributed by atoms with E-state index in [-0.39, 0.29) is 11.5 Å². The van der Waals surface area contributed by atoms with Crippen LogP contribution >= 0.6 is 23.4 Å². The maximum absolute atomic E-state index is 11.3. The van der Waals surface area contributed by atoms with Crippen LogP contribution in [0.15, 0.2) is 60.3 Å². The summed E-state index contributed by atoms with van der Waals surface area (Å²) >= 11 is 7.60. The van der Waals surface area contributed by atoms with E-state index in [9.17, 15) is 10.1 Å². The van der Waals surface area contributed by atoms with Gasteiger partial charge in [0.2, 0.25) is 6.54 Å². The Morgan fingerprint density at radius 1 is 1.27 bits per heavy atom. The number of nitro groups is 1. The van der Waals surface area contributed by atoms with E-state index in [2.05, 4.69) is 16.8 Å². The third-order valence-corrected chi connectivity index (χ3v) is 5.81. The monoisotopic (exact) mass is 444 g/mol. The molecule has 0 aliphatic rings. The minimum Gasteiger partial charge on any atom is -0.488 e. The molecular formula is C21H21ClN4O3S. The Morgan fingerprint density at radius 2 is 2.00 bits per heavy atom. The molecule has 0 fully saturated rings. The van der Waals surface area contributed by atoms with Gasteiger partial charge in [0.15, 0.2) is 5.16 Å². The predicted octanol–water partition coefficient (Wildman–Crippen LogP) is 5.21. The van der Waals surface area contributed by atoms with Gasteiger partial charge in [0, 0.05) is 10.6 Å². The van der Waals surface area contributed by atoms with E-state index < -0.39 is 5.25 Å². The van der Waals surface area contributed by atoms with Crippen molar-refractivity contribution in [2.45, 2.75) is 24.3 Å². The Balaban J connectivity index is 1.93. The third-order valence-electron chi connectivity index (χ3n) is 4.33. The maximum Gasteiger partial charge on any atom is 0.220 e. The predicted molar refractivity (Wildman–Crippen MR) is 118 cm³/mol. The van der Waals surface area contributed by atoms with E-state index in [1.165, 1.54) is 11.8 Å². The summed E-state index contributed by atoms with van der Waals surface area (Å²) in [4.78, 5) is 11.0. The molecule has 7 nitrogen and oxygen atoms in total. The number of hydrogen-bond acceptors (Lipinski definition) is 6. The Kier molecular flexibility index (Phi) is 7.12. The van der Waals surface area contributed by atoms with Gasteiger partial charge >= 0.3 is 0 Å². The molecule has 0 saturated carbocycles. The molecule has 0 saturated heterocycles. The second-order valence-electron chi connectivity index (χ2n) is 6.61. The van der Waals surface area contributed by atoms with Crippen molar-refractivity contribution in [2.75, 3.05) is 13.2 Å². The number of aromatic nitrogens is 3. The van der Waals surface area contributed by atoms with Crippen molar-refractivity contribution in [3.63, 3.8) is 0 Å². The molecule has 1 atom stereocenters. The van der Waals surface area contributed by atoms with E-state index in [1.807, 2.05) is 42.7 Å².